The van der Waals surface area contributed by atoms with E-state index in [1.807, 2.05) is 152 Å². The second kappa shape index (κ2) is 15.6. The molecule has 0 aliphatic carbocycles. The predicted molar refractivity (Wildman–Crippen MR) is 291 cm³/mol. The summed E-state index contributed by atoms with van der Waals surface area (Å²) in [4.78, 5) is 5.86. The van der Waals surface area contributed by atoms with Crippen LogP contribution < -0.4 is 0 Å². The molecule has 362 valence electrons. The van der Waals surface area contributed by atoms with E-state index >= 15 is 0 Å². The number of rotatable bonds is 4. The number of halogens is 6. The number of nitrogens with zero attached hydrogens (tertiary/aromatic N) is 6. The summed E-state index contributed by atoms with van der Waals surface area (Å²) in [6.45, 7) is 0. The minimum Gasteiger partial charge on any atom is -0.305 e. The summed E-state index contributed by atoms with van der Waals surface area (Å²) in [6.07, 6.45) is -9.32. The van der Waals surface area contributed by atoms with Crippen molar-refractivity contribution >= 4 is 109 Å². The van der Waals surface area contributed by atoms with Gasteiger partial charge >= 0.3 is 12.4 Å². The Hall–Kier alpha value is -9.86. The number of fused-ring (bicyclic) bond motifs is 16. The number of para-hydroxylation sites is 4. The van der Waals surface area contributed by atoms with Crippen LogP contribution >= 0.6 is 0 Å². The highest BCUT2D eigenvalue weighted by Gasteiger charge is 2.36. The highest BCUT2D eigenvalue weighted by molar-refractivity contribution is 6.23. The first-order valence-corrected chi connectivity index (χ1v) is 24.5. The SMILES string of the molecule is N#Cc1c(-n2c3ccccc3c3c4ccccc4ccc32)c(-n2c3ccccc3c3cc(C(F)(F)F)ccc32)nc(-n2c3ccccc3c3cc(C(F)(F)F)ccc32)c1-n1c2ccccc2c2c3ccccc3ccc21. The fourth-order valence-electron chi connectivity index (χ4n) is 12.1. The summed E-state index contributed by atoms with van der Waals surface area (Å²) >= 11 is 0. The van der Waals surface area contributed by atoms with Crippen LogP contribution in [0.15, 0.2) is 206 Å². The Balaban J connectivity index is 1.23. The van der Waals surface area contributed by atoms with Crippen molar-refractivity contribution in [3.8, 4) is 29.1 Å². The van der Waals surface area contributed by atoms with Crippen molar-refractivity contribution in [2.24, 2.45) is 0 Å². The highest BCUT2D eigenvalue weighted by atomic mass is 19.4. The van der Waals surface area contributed by atoms with E-state index in [4.69, 9.17) is 4.98 Å². The van der Waals surface area contributed by atoms with Crippen molar-refractivity contribution < 1.29 is 26.3 Å². The molecule has 0 N–H and O–H groups in total. The van der Waals surface area contributed by atoms with Crippen LogP contribution in [-0.4, -0.2) is 23.3 Å². The van der Waals surface area contributed by atoms with Crippen molar-refractivity contribution in [1.29, 1.82) is 5.26 Å². The van der Waals surface area contributed by atoms with Crippen molar-refractivity contribution in [3.63, 3.8) is 0 Å². The fourth-order valence-corrected chi connectivity index (χ4v) is 12.1. The maximum absolute atomic E-state index is 14.7. The molecule has 0 saturated carbocycles. The van der Waals surface area contributed by atoms with E-state index in [2.05, 4.69) is 18.2 Å². The first-order valence-electron chi connectivity index (χ1n) is 24.5. The van der Waals surface area contributed by atoms with Crippen LogP contribution in [0.3, 0.4) is 0 Å². The zero-order valence-electron chi connectivity index (χ0n) is 39.6. The molecule has 76 heavy (non-hydrogen) atoms. The molecule has 0 radical (unpaired) electrons. The molecule has 12 heteroatoms. The van der Waals surface area contributed by atoms with Gasteiger partial charge in [0.15, 0.2) is 11.6 Å². The second-order valence-electron chi connectivity index (χ2n) is 19.2. The zero-order valence-corrected chi connectivity index (χ0v) is 39.6. The average Bonchev–Trinajstić information content (AvgIpc) is 4.37. The maximum atomic E-state index is 14.7. The number of nitriles is 1. The van der Waals surface area contributed by atoms with Crippen LogP contribution in [-0.2, 0) is 12.4 Å². The van der Waals surface area contributed by atoms with Gasteiger partial charge in [-0.25, -0.2) is 4.98 Å². The molecule has 0 fully saturated rings. The largest absolute Gasteiger partial charge is 0.416 e. The van der Waals surface area contributed by atoms with Gasteiger partial charge in [0.25, 0.3) is 0 Å². The molecule has 5 aromatic heterocycles. The van der Waals surface area contributed by atoms with Crippen LogP contribution in [0.25, 0.3) is 132 Å². The molecule has 6 nitrogen and oxygen atoms in total. The number of hydrogen-bond donors (Lipinski definition) is 0. The fraction of sp³-hybridized carbons (Fsp3) is 0.0312. The Bertz CT molecular complexity index is 4750. The van der Waals surface area contributed by atoms with Crippen molar-refractivity contribution in [2.75, 3.05) is 0 Å². The predicted octanol–water partition coefficient (Wildman–Crippen LogP) is 17.7. The van der Waals surface area contributed by atoms with Crippen molar-refractivity contribution in [3.05, 3.63) is 223 Å². The molecule has 15 rings (SSSR count). The van der Waals surface area contributed by atoms with E-state index in [-0.39, 0.29) is 17.2 Å². The van der Waals surface area contributed by atoms with E-state index in [9.17, 15) is 31.6 Å². The van der Waals surface area contributed by atoms with Gasteiger partial charge in [0.1, 0.15) is 23.0 Å². The zero-order chi connectivity index (χ0) is 51.4. The van der Waals surface area contributed by atoms with E-state index in [1.165, 1.54) is 12.1 Å². The summed E-state index contributed by atoms with van der Waals surface area (Å²) < 4.78 is 96.0. The first-order chi connectivity index (χ1) is 37.0. The minimum absolute atomic E-state index is 0.141. The molecule has 0 unspecified atom stereocenters. The summed E-state index contributed by atoms with van der Waals surface area (Å²) in [5.41, 5.74) is 3.88. The molecule has 15 aromatic rings. The number of benzene rings is 10. The molecule has 10 aromatic carbocycles. The van der Waals surface area contributed by atoms with Crippen LogP contribution in [0.5, 0.6) is 0 Å². The van der Waals surface area contributed by atoms with Crippen molar-refractivity contribution in [1.82, 2.24) is 23.3 Å². The summed E-state index contributed by atoms with van der Waals surface area (Å²) in [5, 5.41) is 21.7. The molecule has 0 aliphatic heterocycles. The second-order valence-corrected chi connectivity index (χ2v) is 19.2. The molecular formula is C64H34F6N6. The Kier molecular flexibility index (Phi) is 8.96. The van der Waals surface area contributed by atoms with Gasteiger partial charge in [-0.2, -0.15) is 31.6 Å². The third-order valence-corrected chi connectivity index (χ3v) is 15.2. The van der Waals surface area contributed by atoms with E-state index < -0.39 is 23.5 Å². The van der Waals surface area contributed by atoms with Gasteiger partial charge in [0.2, 0.25) is 0 Å². The topological polar surface area (TPSA) is 56.4 Å². The normalized spacial score (nSPS) is 12.6. The number of hydrogen-bond acceptors (Lipinski definition) is 2. The monoisotopic (exact) mass is 1000 g/mol. The molecular weight excluding hydrogens is 967 g/mol. The summed E-state index contributed by atoms with van der Waals surface area (Å²) in [6, 6.07) is 64.5. The Morgan fingerprint density at radius 1 is 0.329 bits per heavy atom. The third-order valence-electron chi connectivity index (χ3n) is 15.2. The molecule has 0 spiro atoms. The van der Waals surface area contributed by atoms with Gasteiger partial charge in [0, 0.05) is 43.1 Å². The van der Waals surface area contributed by atoms with Gasteiger partial charge in [-0.05, 0) is 94.3 Å². The maximum Gasteiger partial charge on any atom is 0.416 e. The van der Waals surface area contributed by atoms with Crippen molar-refractivity contribution in [2.45, 2.75) is 12.4 Å². The molecule has 0 atom stereocenters. The number of alkyl halides is 6. The van der Waals surface area contributed by atoms with Gasteiger partial charge in [-0.15, -0.1) is 0 Å². The van der Waals surface area contributed by atoms with Gasteiger partial charge in [0.05, 0.1) is 55.3 Å². The average molecular weight is 1000 g/mol. The van der Waals surface area contributed by atoms with Crippen LogP contribution in [0.4, 0.5) is 26.3 Å². The Morgan fingerprint density at radius 3 is 1.05 bits per heavy atom. The minimum atomic E-state index is -4.66. The van der Waals surface area contributed by atoms with Crippen LogP contribution in [0.2, 0.25) is 0 Å². The van der Waals surface area contributed by atoms with E-state index in [1.54, 1.807) is 24.3 Å². The van der Waals surface area contributed by atoms with Crippen LogP contribution in [0, 0.1) is 11.3 Å². The quantitative estimate of drug-likeness (QED) is 0.165. The Morgan fingerprint density at radius 2 is 0.658 bits per heavy atom. The van der Waals surface area contributed by atoms with Gasteiger partial charge in [-0.3, -0.25) is 9.13 Å². The number of aromatic nitrogens is 5. The molecule has 0 aliphatic rings. The summed E-state index contributed by atoms with van der Waals surface area (Å²) in [7, 11) is 0. The van der Waals surface area contributed by atoms with Gasteiger partial charge < -0.3 is 9.13 Å². The number of pyridine rings is 1. The molecule has 0 saturated heterocycles. The lowest BCUT2D eigenvalue weighted by atomic mass is 10.0. The third kappa shape index (κ3) is 6.02. The molecule has 0 bridgehead atoms. The molecule has 0 amide bonds. The lowest BCUT2D eigenvalue weighted by molar-refractivity contribution is -0.138. The smallest absolute Gasteiger partial charge is 0.305 e. The van der Waals surface area contributed by atoms with E-state index in [0.29, 0.717) is 55.0 Å². The van der Waals surface area contributed by atoms with Crippen LogP contribution in [0.1, 0.15) is 16.7 Å². The van der Waals surface area contributed by atoms with E-state index in [0.717, 1.165) is 89.4 Å². The standard InChI is InChI=1S/C64H34F6N6/c65-63(66,67)38-27-31-53-46(33-38)42-17-5-9-21-49(42)75(53)61-59(73-51-23-11-7-19-44(51)57-40-15-3-1-13-36(40)25-29-55(57)73)48(35-71)60(74-52-24-12-8-20-45(52)58-41-16-4-2-14-37(41)26-30-56(58)74)62(72-61)76-50-22-10-6-18-43(50)47-34-39(64(68,69)70)28-32-54(47)76/h1-34H. The lowest BCUT2D eigenvalue weighted by Gasteiger charge is -2.24. The lowest BCUT2D eigenvalue weighted by Crippen LogP contribution is -2.16. The highest BCUT2D eigenvalue weighted by Crippen LogP contribution is 2.48. The van der Waals surface area contributed by atoms with Gasteiger partial charge in [-0.1, -0.05) is 133 Å². The first kappa shape index (κ1) is 43.7. The Labute approximate surface area is 426 Å². The summed E-state index contributed by atoms with van der Waals surface area (Å²) in [5.74, 6) is 0.391. The molecule has 5 heterocycles.